The third-order valence-corrected chi connectivity index (χ3v) is 4.33. The topological polar surface area (TPSA) is 29.1 Å². The normalized spacial score (nSPS) is 11.4. The number of anilines is 1. The van der Waals surface area contributed by atoms with Gasteiger partial charge in [0.2, 0.25) is 0 Å². The van der Waals surface area contributed by atoms with Crippen molar-refractivity contribution in [2.75, 3.05) is 5.32 Å². The largest absolute Gasteiger partial charge is 0.416 e. The van der Waals surface area contributed by atoms with Crippen molar-refractivity contribution in [3.8, 4) is 0 Å². The number of hydrogen-bond donors (Lipinski definition) is 1. The molecular weight excluding hydrogens is 406 g/mol. The van der Waals surface area contributed by atoms with Crippen LogP contribution in [0.2, 0.25) is 0 Å². The molecule has 0 saturated heterocycles. The van der Waals surface area contributed by atoms with Crippen molar-refractivity contribution in [1.29, 1.82) is 0 Å². The molecule has 0 aliphatic rings. The van der Waals surface area contributed by atoms with Gasteiger partial charge in [0.1, 0.15) is 0 Å². The summed E-state index contributed by atoms with van der Waals surface area (Å²) in [7, 11) is 0. The van der Waals surface area contributed by atoms with Crippen LogP contribution >= 0.6 is 22.6 Å². The van der Waals surface area contributed by atoms with E-state index in [1.807, 2.05) is 35.6 Å². The lowest BCUT2D eigenvalue weighted by atomic mass is 10.0. The number of nitrogens with one attached hydrogen (secondary N) is 1. The Bertz CT molecular complexity index is 726. The second kappa shape index (κ2) is 6.28. The van der Waals surface area contributed by atoms with Gasteiger partial charge in [-0.2, -0.15) is 13.2 Å². The van der Waals surface area contributed by atoms with Crippen molar-refractivity contribution in [3.05, 3.63) is 62.2 Å². The highest BCUT2D eigenvalue weighted by Crippen LogP contribution is 2.32. The first kappa shape index (κ1) is 16.8. The zero-order valence-electron chi connectivity index (χ0n) is 11.9. The Balaban J connectivity index is 2.34. The van der Waals surface area contributed by atoms with Gasteiger partial charge >= 0.3 is 6.18 Å². The summed E-state index contributed by atoms with van der Waals surface area (Å²) in [5.41, 5.74) is 1.58. The minimum Gasteiger partial charge on any atom is -0.321 e. The summed E-state index contributed by atoms with van der Waals surface area (Å²) >= 11 is 1.89. The molecule has 0 unspecified atom stereocenters. The fourth-order valence-electron chi connectivity index (χ4n) is 1.98. The molecule has 0 aliphatic heterocycles. The molecule has 0 fully saturated rings. The SMILES string of the molecule is Cc1cccc(C(=O)Nc2cc(C(F)(F)F)ccc2I)c1C. The molecule has 1 amide bonds. The van der Waals surface area contributed by atoms with Crippen LogP contribution in [0.15, 0.2) is 36.4 Å². The summed E-state index contributed by atoms with van der Waals surface area (Å²) in [5.74, 6) is -0.418. The lowest BCUT2D eigenvalue weighted by molar-refractivity contribution is -0.137. The summed E-state index contributed by atoms with van der Waals surface area (Å²) in [6.45, 7) is 3.68. The minimum absolute atomic E-state index is 0.154. The molecule has 0 aromatic heterocycles. The van der Waals surface area contributed by atoms with Crippen molar-refractivity contribution in [2.45, 2.75) is 20.0 Å². The molecule has 0 spiro atoms. The zero-order chi connectivity index (χ0) is 16.5. The van der Waals surface area contributed by atoms with E-state index in [1.54, 1.807) is 19.1 Å². The van der Waals surface area contributed by atoms with Crippen molar-refractivity contribution in [1.82, 2.24) is 0 Å². The van der Waals surface area contributed by atoms with Gasteiger partial charge in [-0.3, -0.25) is 4.79 Å². The number of halogens is 4. The van der Waals surface area contributed by atoms with Crippen LogP contribution in [-0.4, -0.2) is 5.91 Å². The number of aryl methyl sites for hydroxylation is 1. The van der Waals surface area contributed by atoms with Gasteiger partial charge in [0, 0.05) is 9.13 Å². The molecule has 0 aliphatic carbocycles. The summed E-state index contributed by atoms with van der Waals surface area (Å²) in [6, 6.07) is 8.55. The van der Waals surface area contributed by atoms with Crippen LogP contribution in [0.1, 0.15) is 27.0 Å². The van der Waals surface area contributed by atoms with E-state index in [1.165, 1.54) is 6.07 Å². The van der Waals surface area contributed by atoms with Crippen LogP contribution in [0, 0.1) is 17.4 Å². The van der Waals surface area contributed by atoms with E-state index in [2.05, 4.69) is 5.32 Å². The Labute approximate surface area is 139 Å². The van der Waals surface area contributed by atoms with E-state index in [-0.39, 0.29) is 5.69 Å². The maximum atomic E-state index is 12.8. The molecule has 22 heavy (non-hydrogen) atoms. The Morgan fingerprint density at radius 3 is 2.45 bits per heavy atom. The first-order valence-electron chi connectivity index (χ1n) is 6.44. The van der Waals surface area contributed by atoms with Crippen molar-refractivity contribution in [3.63, 3.8) is 0 Å². The predicted molar refractivity (Wildman–Crippen MR) is 88.0 cm³/mol. The number of amides is 1. The van der Waals surface area contributed by atoms with E-state index in [9.17, 15) is 18.0 Å². The second-order valence-corrected chi connectivity index (χ2v) is 6.06. The molecule has 2 nitrogen and oxygen atoms in total. The van der Waals surface area contributed by atoms with E-state index in [0.29, 0.717) is 9.13 Å². The zero-order valence-corrected chi connectivity index (χ0v) is 14.0. The van der Waals surface area contributed by atoms with Crippen LogP contribution in [0.5, 0.6) is 0 Å². The Kier molecular flexibility index (Phi) is 4.79. The Morgan fingerprint density at radius 2 is 1.82 bits per heavy atom. The molecule has 0 heterocycles. The first-order valence-corrected chi connectivity index (χ1v) is 7.52. The van der Waals surface area contributed by atoms with Gasteiger partial charge < -0.3 is 5.32 Å². The van der Waals surface area contributed by atoms with E-state index in [4.69, 9.17) is 0 Å². The third kappa shape index (κ3) is 3.60. The van der Waals surface area contributed by atoms with Gasteiger partial charge in [-0.25, -0.2) is 0 Å². The maximum absolute atomic E-state index is 12.8. The molecule has 0 atom stereocenters. The van der Waals surface area contributed by atoms with E-state index in [0.717, 1.165) is 23.3 Å². The summed E-state index contributed by atoms with van der Waals surface area (Å²) in [4.78, 5) is 12.3. The first-order chi connectivity index (χ1) is 10.2. The minimum atomic E-state index is -4.44. The maximum Gasteiger partial charge on any atom is 0.416 e. The summed E-state index contributed by atoms with van der Waals surface area (Å²) in [6.07, 6.45) is -4.44. The van der Waals surface area contributed by atoms with Gasteiger partial charge in [0.15, 0.2) is 0 Å². The van der Waals surface area contributed by atoms with E-state index >= 15 is 0 Å². The van der Waals surface area contributed by atoms with Crippen LogP contribution in [0.25, 0.3) is 0 Å². The van der Waals surface area contributed by atoms with Gasteiger partial charge in [-0.1, -0.05) is 12.1 Å². The molecule has 2 aromatic carbocycles. The highest BCUT2D eigenvalue weighted by Gasteiger charge is 2.31. The number of rotatable bonds is 2. The molecule has 0 radical (unpaired) electrons. The number of hydrogen-bond acceptors (Lipinski definition) is 1. The van der Waals surface area contributed by atoms with Crippen molar-refractivity contribution < 1.29 is 18.0 Å². The fraction of sp³-hybridized carbons (Fsp3) is 0.188. The van der Waals surface area contributed by atoms with Crippen molar-refractivity contribution in [2.24, 2.45) is 0 Å². The van der Waals surface area contributed by atoms with Gasteiger partial charge in [0.05, 0.1) is 11.3 Å². The summed E-state index contributed by atoms with van der Waals surface area (Å²) in [5, 5.41) is 2.56. The van der Waals surface area contributed by atoms with Crippen LogP contribution in [0.4, 0.5) is 18.9 Å². The Hall–Kier alpha value is -1.57. The number of carbonyl (C=O) groups excluding carboxylic acids is 1. The molecule has 2 rings (SSSR count). The highest BCUT2D eigenvalue weighted by molar-refractivity contribution is 14.1. The number of alkyl halides is 3. The van der Waals surface area contributed by atoms with Crippen molar-refractivity contribution >= 4 is 34.2 Å². The number of benzene rings is 2. The molecule has 0 saturated carbocycles. The smallest absolute Gasteiger partial charge is 0.321 e. The monoisotopic (exact) mass is 419 g/mol. The molecule has 1 N–H and O–H groups in total. The molecular formula is C16H13F3INO. The average Bonchev–Trinajstić information content (AvgIpc) is 2.43. The Morgan fingerprint density at radius 1 is 1.14 bits per heavy atom. The molecule has 6 heteroatoms. The lowest BCUT2D eigenvalue weighted by Gasteiger charge is -2.13. The highest BCUT2D eigenvalue weighted by atomic mass is 127. The quantitative estimate of drug-likeness (QED) is 0.668. The summed E-state index contributed by atoms with van der Waals surface area (Å²) < 4.78 is 38.8. The second-order valence-electron chi connectivity index (χ2n) is 4.89. The van der Waals surface area contributed by atoms with Gasteiger partial charge in [-0.15, -0.1) is 0 Å². The third-order valence-electron chi connectivity index (χ3n) is 3.39. The van der Waals surface area contributed by atoms with Gasteiger partial charge in [0.25, 0.3) is 5.91 Å². The van der Waals surface area contributed by atoms with Crippen LogP contribution < -0.4 is 5.32 Å². The molecule has 116 valence electrons. The number of carbonyl (C=O) groups is 1. The molecule has 0 bridgehead atoms. The fourth-order valence-corrected chi connectivity index (χ4v) is 2.45. The predicted octanol–water partition coefficient (Wildman–Crippen LogP) is 5.18. The average molecular weight is 419 g/mol. The van der Waals surface area contributed by atoms with E-state index < -0.39 is 17.6 Å². The standard InChI is InChI=1S/C16H13F3INO/c1-9-4-3-5-12(10(9)2)15(22)21-14-8-11(16(17,18)19)6-7-13(14)20/h3-8H,1-2H3,(H,21,22). The van der Waals surface area contributed by atoms with Crippen LogP contribution in [0.3, 0.4) is 0 Å². The van der Waals surface area contributed by atoms with Gasteiger partial charge in [-0.05, 0) is 71.8 Å². The van der Waals surface area contributed by atoms with Crippen LogP contribution in [-0.2, 0) is 6.18 Å². The lowest BCUT2D eigenvalue weighted by Crippen LogP contribution is -2.15. The molecule has 2 aromatic rings.